The number of nitrogens with one attached hydrogen (secondary N) is 1. The Morgan fingerprint density at radius 3 is 2.86 bits per heavy atom. The lowest BCUT2D eigenvalue weighted by atomic mass is 9.96. The van der Waals surface area contributed by atoms with E-state index in [2.05, 4.69) is 27.2 Å². The zero-order valence-corrected chi connectivity index (χ0v) is 12.2. The molecule has 0 saturated heterocycles. The van der Waals surface area contributed by atoms with Crippen molar-refractivity contribution < 1.29 is 9.50 Å². The number of aliphatic hydroxyl groups is 1. The van der Waals surface area contributed by atoms with Gasteiger partial charge in [0.15, 0.2) is 5.82 Å². The SMILES string of the molecule is CCCCC(C)(CO)Nc1nc(N)nc2cc(F)cnc12. The number of anilines is 2. The number of aliphatic hydroxyl groups excluding tert-OH is 1. The summed E-state index contributed by atoms with van der Waals surface area (Å²) in [5, 5.41) is 12.8. The molecule has 4 N–H and O–H groups in total. The highest BCUT2D eigenvalue weighted by molar-refractivity contribution is 5.86. The maximum absolute atomic E-state index is 13.2. The van der Waals surface area contributed by atoms with Gasteiger partial charge in [0.2, 0.25) is 5.95 Å². The number of halogens is 1. The van der Waals surface area contributed by atoms with Crippen molar-refractivity contribution >= 4 is 22.8 Å². The van der Waals surface area contributed by atoms with Crippen LogP contribution in [0.5, 0.6) is 0 Å². The van der Waals surface area contributed by atoms with Gasteiger partial charge >= 0.3 is 0 Å². The Morgan fingerprint density at radius 2 is 2.19 bits per heavy atom. The standard InChI is InChI=1S/C14H20FN5O/c1-3-4-5-14(2,8-21)20-12-11-10(18-13(16)19-12)6-9(15)7-17-11/h6-7,21H,3-5,8H2,1-2H3,(H3,16,18,19,20). The lowest BCUT2D eigenvalue weighted by Gasteiger charge is -2.29. The van der Waals surface area contributed by atoms with Crippen LogP contribution in [-0.4, -0.2) is 32.2 Å². The van der Waals surface area contributed by atoms with Gasteiger partial charge in [0.25, 0.3) is 0 Å². The minimum atomic E-state index is -0.542. The second kappa shape index (κ2) is 6.17. The van der Waals surface area contributed by atoms with Crippen LogP contribution in [-0.2, 0) is 0 Å². The van der Waals surface area contributed by atoms with Gasteiger partial charge in [-0.2, -0.15) is 4.98 Å². The lowest BCUT2D eigenvalue weighted by molar-refractivity contribution is 0.212. The molecule has 21 heavy (non-hydrogen) atoms. The molecule has 0 fully saturated rings. The normalized spacial score (nSPS) is 14.1. The van der Waals surface area contributed by atoms with Crippen molar-refractivity contribution in [1.29, 1.82) is 0 Å². The summed E-state index contributed by atoms with van der Waals surface area (Å²) >= 11 is 0. The summed E-state index contributed by atoms with van der Waals surface area (Å²) < 4.78 is 13.2. The van der Waals surface area contributed by atoms with Crippen LogP contribution in [0.4, 0.5) is 16.2 Å². The number of nitrogens with two attached hydrogens (primary N) is 1. The molecule has 6 nitrogen and oxygen atoms in total. The molecule has 7 heteroatoms. The Bertz CT molecular complexity index is 631. The molecule has 0 radical (unpaired) electrons. The fraction of sp³-hybridized carbons (Fsp3) is 0.500. The van der Waals surface area contributed by atoms with Crippen molar-refractivity contribution in [2.75, 3.05) is 17.7 Å². The molecule has 1 atom stereocenters. The first-order valence-corrected chi connectivity index (χ1v) is 6.95. The third-order valence-electron chi connectivity index (χ3n) is 3.37. The van der Waals surface area contributed by atoms with Crippen molar-refractivity contribution in [1.82, 2.24) is 15.0 Å². The molecule has 0 aliphatic carbocycles. The number of aromatic nitrogens is 3. The molecule has 114 valence electrons. The Balaban J connectivity index is 2.41. The van der Waals surface area contributed by atoms with Gasteiger partial charge in [-0.25, -0.2) is 14.4 Å². The number of fused-ring (bicyclic) bond motifs is 1. The summed E-state index contributed by atoms with van der Waals surface area (Å²) in [6, 6.07) is 1.26. The molecular formula is C14H20FN5O. The lowest BCUT2D eigenvalue weighted by Crippen LogP contribution is -2.39. The van der Waals surface area contributed by atoms with E-state index in [1.54, 1.807) is 0 Å². The van der Waals surface area contributed by atoms with E-state index in [4.69, 9.17) is 5.73 Å². The molecule has 2 rings (SSSR count). The van der Waals surface area contributed by atoms with E-state index in [0.717, 1.165) is 25.5 Å². The third kappa shape index (κ3) is 3.55. The number of rotatable bonds is 6. The predicted molar refractivity (Wildman–Crippen MR) is 80.3 cm³/mol. The molecule has 1 unspecified atom stereocenters. The number of hydrogen-bond donors (Lipinski definition) is 3. The smallest absolute Gasteiger partial charge is 0.222 e. The Morgan fingerprint density at radius 1 is 1.43 bits per heavy atom. The summed E-state index contributed by atoms with van der Waals surface area (Å²) in [6.45, 7) is 3.93. The van der Waals surface area contributed by atoms with Crippen molar-refractivity contribution in [2.45, 2.75) is 38.6 Å². The zero-order valence-electron chi connectivity index (χ0n) is 12.2. The van der Waals surface area contributed by atoms with E-state index < -0.39 is 11.4 Å². The summed E-state index contributed by atoms with van der Waals surface area (Å²) in [4.78, 5) is 12.1. The minimum Gasteiger partial charge on any atom is -0.394 e. The summed E-state index contributed by atoms with van der Waals surface area (Å²) in [6.07, 6.45) is 3.86. The maximum Gasteiger partial charge on any atom is 0.222 e. The molecule has 0 amide bonds. The Labute approximate surface area is 122 Å². The number of pyridine rings is 1. The average molecular weight is 293 g/mol. The Hall–Kier alpha value is -2.02. The van der Waals surface area contributed by atoms with E-state index in [-0.39, 0.29) is 12.6 Å². The van der Waals surface area contributed by atoms with Crippen LogP contribution in [0.3, 0.4) is 0 Å². The monoisotopic (exact) mass is 293 g/mol. The molecule has 2 heterocycles. The number of nitrogen functional groups attached to an aromatic ring is 1. The van der Waals surface area contributed by atoms with Crippen LogP contribution in [0.1, 0.15) is 33.1 Å². The molecule has 0 aliphatic heterocycles. The van der Waals surface area contributed by atoms with Crippen LogP contribution in [0.2, 0.25) is 0 Å². The minimum absolute atomic E-state index is 0.0354. The van der Waals surface area contributed by atoms with Crippen LogP contribution < -0.4 is 11.1 Å². The van der Waals surface area contributed by atoms with Crippen molar-refractivity contribution in [3.8, 4) is 0 Å². The first-order valence-electron chi connectivity index (χ1n) is 6.95. The van der Waals surface area contributed by atoms with Crippen molar-refractivity contribution in [3.05, 3.63) is 18.1 Å². The van der Waals surface area contributed by atoms with Gasteiger partial charge in [-0.3, -0.25) is 0 Å². The summed E-state index contributed by atoms with van der Waals surface area (Å²) in [7, 11) is 0. The fourth-order valence-corrected chi connectivity index (χ4v) is 2.13. The number of unbranched alkanes of at least 4 members (excludes halogenated alkanes) is 1. The van der Waals surface area contributed by atoms with E-state index in [1.165, 1.54) is 6.07 Å². The van der Waals surface area contributed by atoms with E-state index in [9.17, 15) is 9.50 Å². The molecular weight excluding hydrogens is 273 g/mol. The molecule has 0 bridgehead atoms. The molecule has 0 aliphatic rings. The highest BCUT2D eigenvalue weighted by Gasteiger charge is 2.24. The fourth-order valence-electron chi connectivity index (χ4n) is 2.13. The molecule has 0 spiro atoms. The van der Waals surface area contributed by atoms with Crippen LogP contribution in [0.15, 0.2) is 12.3 Å². The second-order valence-corrected chi connectivity index (χ2v) is 5.40. The van der Waals surface area contributed by atoms with Crippen LogP contribution >= 0.6 is 0 Å². The van der Waals surface area contributed by atoms with Gasteiger partial charge in [-0.1, -0.05) is 19.8 Å². The number of nitrogens with zero attached hydrogens (tertiary/aromatic N) is 3. The van der Waals surface area contributed by atoms with E-state index in [0.29, 0.717) is 16.9 Å². The van der Waals surface area contributed by atoms with Gasteiger partial charge < -0.3 is 16.2 Å². The van der Waals surface area contributed by atoms with Gasteiger partial charge in [0.1, 0.15) is 11.3 Å². The Kier molecular flexibility index (Phi) is 4.52. The zero-order chi connectivity index (χ0) is 15.5. The highest BCUT2D eigenvalue weighted by atomic mass is 19.1. The first kappa shape index (κ1) is 15.4. The van der Waals surface area contributed by atoms with E-state index >= 15 is 0 Å². The summed E-state index contributed by atoms with van der Waals surface area (Å²) in [5.41, 5.74) is 5.88. The largest absolute Gasteiger partial charge is 0.394 e. The van der Waals surface area contributed by atoms with Gasteiger partial charge in [0, 0.05) is 6.07 Å². The summed E-state index contributed by atoms with van der Waals surface area (Å²) in [5.74, 6) is -0.0409. The topological polar surface area (TPSA) is 97.0 Å². The number of hydrogen-bond acceptors (Lipinski definition) is 6. The third-order valence-corrected chi connectivity index (χ3v) is 3.37. The first-order chi connectivity index (χ1) is 9.97. The molecule has 2 aromatic rings. The van der Waals surface area contributed by atoms with Gasteiger partial charge in [-0.15, -0.1) is 0 Å². The molecule has 0 aromatic carbocycles. The van der Waals surface area contributed by atoms with Crippen molar-refractivity contribution in [2.24, 2.45) is 0 Å². The van der Waals surface area contributed by atoms with Gasteiger partial charge in [0.05, 0.1) is 23.9 Å². The van der Waals surface area contributed by atoms with Gasteiger partial charge in [-0.05, 0) is 13.3 Å². The van der Waals surface area contributed by atoms with Crippen LogP contribution in [0.25, 0.3) is 11.0 Å². The second-order valence-electron chi connectivity index (χ2n) is 5.40. The quantitative estimate of drug-likeness (QED) is 0.754. The van der Waals surface area contributed by atoms with E-state index in [1.807, 2.05) is 6.92 Å². The van der Waals surface area contributed by atoms with Crippen LogP contribution in [0, 0.1) is 5.82 Å². The van der Waals surface area contributed by atoms with Crippen molar-refractivity contribution in [3.63, 3.8) is 0 Å². The molecule has 2 aromatic heterocycles. The predicted octanol–water partition coefficient (Wildman–Crippen LogP) is 2.10. The highest BCUT2D eigenvalue weighted by Crippen LogP contribution is 2.25. The average Bonchev–Trinajstić information content (AvgIpc) is 2.44. The molecule has 0 saturated carbocycles. The maximum atomic E-state index is 13.2.